The predicted octanol–water partition coefficient (Wildman–Crippen LogP) is 3.90. The van der Waals surface area contributed by atoms with Gasteiger partial charge in [0.15, 0.2) is 0 Å². The molecule has 4 heteroatoms. The van der Waals surface area contributed by atoms with Gasteiger partial charge in [0.2, 0.25) is 0 Å². The molecule has 1 aromatic carbocycles. The third-order valence-corrected chi connectivity index (χ3v) is 4.52. The van der Waals surface area contributed by atoms with Crippen LogP contribution in [0.15, 0.2) is 22.7 Å². The zero-order chi connectivity index (χ0) is 13.7. The minimum Gasteiger partial charge on any atom is -0.329 e. The van der Waals surface area contributed by atoms with Gasteiger partial charge in [-0.25, -0.2) is 4.39 Å². The molecule has 1 aliphatic carbocycles. The molecule has 0 heterocycles. The van der Waals surface area contributed by atoms with Crippen molar-refractivity contribution in [1.82, 2.24) is 5.32 Å². The molecular weight excluding hydrogens is 307 g/mol. The Morgan fingerprint density at radius 1 is 1.26 bits per heavy atom. The molecule has 2 nitrogen and oxygen atoms in total. The van der Waals surface area contributed by atoms with Gasteiger partial charge in [-0.3, -0.25) is 0 Å². The molecule has 1 aliphatic rings. The molecule has 0 aliphatic heterocycles. The van der Waals surface area contributed by atoms with Crippen LogP contribution in [0.1, 0.15) is 50.1 Å². The van der Waals surface area contributed by atoms with Crippen molar-refractivity contribution in [2.75, 3.05) is 6.54 Å². The van der Waals surface area contributed by atoms with Crippen LogP contribution in [0.2, 0.25) is 0 Å². The van der Waals surface area contributed by atoms with Crippen LogP contribution in [0.25, 0.3) is 0 Å². The van der Waals surface area contributed by atoms with Gasteiger partial charge >= 0.3 is 0 Å². The molecule has 0 amide bonds. The molecule has 0 spiro atoms. The number of nitrogens with one attached hydrogen (secondary N) is 1. The van der Waals surface area contributed by atoms with Gasteiger partial charge in [0.25, 0.3) is 0 Å². The van der Waals surface area contributed by atoms with Gasteiger partial charge in [-0.2, -0.15) is 0 Å². The van der Waals surface area contributed by atoms with Gasteiger partial charge in [0.05, 0.1) is 4.47 Å². The summed E-state index contributed by atoms with van der Waals surface area (Å²) in [7, 11) is 0. The first-order chi connectivity index (χ1) is 9.20. The molecule has 1 aromatic rings. The molecule has 106 valence electrons. The smallest absolute Gasteiger partial charge is 0.137 e. The lowest BCUT2D eigenvalue weighted by molar-refractivity contribution is 0.401. The maximum absolute atomic E-state index is 13.6. The van der Waals surface area contributed by atoms with Crippen LogP contribution < -0.4 is 11.1 Å². The molecule has 1 atom stereocenters. The molecule has 3 N–H and O–H groups in total. The fourth-order valence-electron chi connectivity index (χ4n) is 2.76. The van der Waals surface area contributed by atoms with Gasteiger partial charge in [-0.1, -0.05) is 31.7 Å². The average molecular weight is 329 g/mol. The zero-order valence-corrected chi connectivity index (χ0v) is 12.8. The molecule has 1 saturated carbocycles. The number of hydrogen-bond acceptors (Lipinski definition) is 2. The second-order valence-electron chi connectivity index (χ2n) is 5.32. The van der Waals surface area contributed by atoms with E-state index in [1.807, 2.05) is 6.07 Å². The van der Waals surface area contributed by atoms with E-state index in [1.54, 1.807) is 12.1 Å². The predicted molar refractivity (Wildman–Crippen MR) is 80.5 cm³/mol. The van der Waals surface area contributed by atoms with Crippen molar-refractivity contribution in [3.63, 3.8) is 0 Å². The average Bonchev–Trinajstić information content (AvgIpc) is 2.68. The van der Waals surface area contributed by atoms with Crippen molar-refractivity contribution in [2.24, 2.45) is 5.73 Å². The fraction of sp³-hybridized carbons (Fsp3) is 0.600. The van der Waals surface area contributed by atoms with Crippen molar-refractivity contribution in [2.45, 2.75) is 50.6 Å². The Balaban J connectivity index is 2.03. The quantitative estimate of drug-likeness (QED) is 0.822. The van der Waals surface area contributed by atoms with Crippen LogP contribution >= 0.6 is 15.9 Å². The van der Waals surface area contributed by atoms with E-state index in [2.05, 4.69) is 21.2 Å². The van der Waals surface area contributed by atoms with Gasteiger partial charge < -0.3 is 11.1 Å². The number of rotatable bonds is 4. The van der Waals surface area contributed by atoms with Crippen LogP contribution in [0.3, 0.4) is 0 Å². The van der Waals surface area contributed by atoms with Crippen molar-refractivity contribution in [1.29, 1.82) is 0 Å². The first-order valence-corrected chi connectivity index (χ1v) is 7.91. The van der Waals surface area contributed by atoms with Crippen molar-refractivity contribution in [3.05, 3.63) is 34.1 Å². The molecule has 0 bridgehead atoms. The van der Waals surface area contributed by atoms with Gasteiger partial charge in [0, 0.05) is 18.6 Å². The minimum atomic E-state index is -0.224. The highest BCUT2D eigenvalue weighted by atomic mass is 79.9. The lowest BCUT2D eigenvalue weighted by atomic mass is 10.0. The number of benzene rings is 1. The monoisotopic (exact) mass is 328 g/mol. The molecular formula is C15H22BrFN2. The largest absolute Gasteiger partial charge is 0.329 e. The Bertz CT molecular complexity index is 403. The highest BCUT2D eigenvalue weighted by Gasteiger charge is 2.18. The number of nitrogens with two attached hydrogens (primary N) is 1. The molecule has 2 rings (SSSR count). The fourth-order valence-corrected chi connectivity index (χ4v) is 3.01. The second kappa shape index (κ2) is 7.36. The van der Waals surface area contributed by atoms with E-state index in [4.69, 9.17) is 5.73 Å². The van der Waals surface area contributed by atoms with Crippen LogP contribution in [0.4, 0.5) is 4.39 Å². The van der Waals surface area contributed by atoms with Crippen molar-refractivity contribution >= 4 is 15.9 Å². The van der Waals surface area contributed by atoms with E-state index in [1.165, 1.54) is 38.5 Å². The summed E-state index contributed by atoms with van der Waals surface area (Å²) in [6, 6.07) is 5.83. The highest BCUT2D eigenvalue weighted by Crippen LogP contribution is 2.23. The SMILES string of the molecule is NCC(NC1CCCCCC1)c1ccc(Br)c(F)c1. The third-order valence-electron chi connectivity index (χ3n) is 3.87. The Morgan fingerprint density at radius 3 is 2.53 bits per heavy atom. The minimum absolute atomic E-state index is 0.0469. The molecule has 1 unspecified atom stereocenters. The van der Waals surface area contributed by atoms with Crippen LogP contribution in [-0.2, 0) is 0 Å². The molecule has 0 saturated heterocycles. The Hall–Kier alpha value is -0.450. The summed E-state index contributed by atoms with van der Waals surface area (Å²) in [5.41, 5.74) is 6.79. The standard InChI is InChI=1S/C15H22BrFN2/c16-13-8-7-11(9-14(13)17)15(10-18)19-12-5-3-1-2-4-6-12/h7-9,12,15,19H,1-6,10,18H2. The van der Waals surface area contributed by atoms with Crippen LogP contribution in [-0.4, -0.2) is 12.6 Å². The van der Waals surface area contributed by atoms with Gasteiger partial charge in [-0.15, -0.1) is 0 Å². The molecule has 0 aromatic heterocycles. The van der Waals surface area contributed by atoms with Crippen molar-refractivity contribution in [3.8, 4) is 0 Å². The molecule has 0 radical (unpaired) electrons. The third kappa shape index (κ3) is 4.26. The Kier molecular flexibility index (Phi) is 5.79. The first kappa shape index (κ1) is 14.9. The van der Waals surface area contributed by atoms with E-state index in [0.717, 1.165) is 5.56 Å². The summed E-state index contributed by atoms with van der Waals surface area (Å²) in [4.78, 5) is 0. The summed E-state index contributed by atoms with van der Waals surface area (Å²) in [6.45, 7) is 0.498. The summed E-state index contributed by atoms with van der Waals surface area (Å²) in [5.74, 6) is -0.224. The van der Waals surface area contributed by atoms with Crippen molar-refractivity contribution < 1.29 is 4.39 Å². The summed E-state index contributed by atoms with van der Waals surface area (Å²) in [6.07, 6.45) is 7.63. The van der Waals surface area contributed by atoms with Crippen LogP contribution in [0.5, 0.6) is 0 Å². The van der Waals surface area contributed by atoms with E-state index in [9.17, 15) is 4.39 Å². The first-order valence-electron chi connectivity index (χ1n) is 7.12. The van der Waals surface area contributed by atoms with E-state index < -0.39 is 0 Å². The Labute approximate surface area is 123 Å². The Morgan fingerprint density at radius 2 is 1.95 bits per heavy atom. The maximum Gasteiger partial charge on any atom is 0.137 e. The zero-order valence-electron chi connectivity index (χ0n) is 11.2. The van der Waals surface area contributed by atoms with Crippen LogP contribution in [0, 0.1) is 5.82 Å². The normalized spacial score (nSPS) is 19.1. The highest BCUT2D eigenvalue weighted by molar-refractivity contribution is 9.10. The van der Waals surface area contributed by atoms with Gasteiger partial charge in [0.1, 0.15) is 5.82 Å². The maximum atomic E-state index is 13.6. The lowest BCUT2D eigenvalue weighted by Crippen LogP contribution is -2.36. The summed E-state index contributed by atoms with van der Waals surface area (Å²) < 4.78 is 14.1. The molecule has 1 fully saturated rings. The number of halogens is 2. The van der Waals surface area contributed by atoms with E-state index in [0.29, 0.717) is 17.1 Å². The lowest BCUT2D eigenvalue weighted by Gasteiger charge is -2.24. The topological polar surface area (TPSA) is 38.0 Å². The molecule has 19 heavy (non-hydrogen) atoms. The summed E-state index contributed by atoms with van der Waals surface area (Å²) >= 11 is 3.18. The summed E-state index contributed by atoms with van der Waals surface area (Å²) in [5, 5.41) is 3.60. The van der Waals surface area contributed by atoms with E-state index >= 15 is 0 Å². The second-order valence-corrected chi connectivity index (χ2v) is 6.17. The van der Waals surface area contributed by atoms with Gasteiger partial charge in [-0.05, 0) is 46.5 Å². The number of hydrogen-bond donors (Lipinski definition) is 2. The van der Waals surface area contributed by atoms with E-state index in [-0.39, 0.29) is 11.9 Å².